The van der Waals surface area contributed by atoms with Crippen LogP contribution in [0.2, 0.25) is 0 Å². The summed E-state index contributed by atoms with van der Waals surface area (Å²) in [6, 6.07) is 9.71. The Morgan fingerprint density at radius 1 is 0.914 bits per heavy atom. The molecule has 2 aromatic heterocycles. The van der Waals surface area contributed by atoms with Crippen LogP contribution in [0.4, 0.5) is 0 Å². The van der Waals surface area contributed by atoms with Gasteiger partial charge >= 0.3 is 11.4 Å². The van der Waals surface area contributed by atoms with Crippen LogP contribution in [-0.4, -0.2) is 35.7 Å². The molecule has 5 rings (SSSR count). The molecule has 35 heavy (non-hydrogen) atoms. The largest absolute Gasteiger partial charge is 0.326 e. The topological polar surface area (TPSA) is 136 Å². The lowest BCUT2D eigenvalue weighted by atomic mass is 9.76. The number of aryl methyl sites for hydroxylation is 2. The molecule has 4 aromatic rings. The highest BCUT2D eigenvalue weighted by molar-refractivity contribution is 6.58. The second-order valence-electron chi connectivity index (χ2n) is 8.44. The number of hydrogen-bond donors (Lipinski definition) is 3. The summed E-state index contributed by atoms with van der Waals surface area (Å²) in [5, 5.41) is -0.293. The molecule has 9 nitrogen and oxygen atoms in total. The molecule has 0 radical (unpaired) electrons. The number of nitrogens with two attached hydrogens (primary N) is 1. The Morgan fingerprint density at radius 2 is 1.46 bits per heavy atom. The van der Waals surface area contributed by atoms with Gasteiger partial charge in [0, 0.05) is 13.1 Å². The summed E-state index contributed by atoms with van der Waals surface area (Å²) in [7, 11) is 0. The van der Waals surface area contributed by atoms with Crippen molar-refractivity contribution in [3.63, 3.8) is 0 Å². The van der Waals surface area contributed by atoms with E-state index in [1.807, 2.05) is 13.8 Å². The zero-order chi connectivity index (χ0) is 25.2. The summed E-state index contributed by atoms with van der Waals surface area (Å²) < 4.78 is 3.08. The Hall–Kier alpha value is -3.40. The Kier molecular flexibility index (Phi) is 5.39. The van der Waals surface area contributed by atoms with Crippen molar-refractivity contribution in [1.82, 2.24) is 19.1 Å². The number of hydrogen-bond acceptors (Lipinski definition) is 5. The van der Waals surface area contributed by atoms with E-state index in [1.54, 1.807) is 45.5 Å². The van der Waals surface area contributed by atoms with Gasteiger partial charge in [-0.05, 0) is 49.2 Å². The maximum Gasteiger partial charge on any atom is 0.326 e. The summed E-state index contributed by atoms with van der Waals surface area (Å²) in [6.45, 7) is 4.61. The number of nitrogens with zero attached hydrogens (tertiary/aromatic N) is 2. The van der Waals surface area contributed by atoms with Crippen molar-refractivity contribution >= 4 is 62.4 Å². The van der Waals surface area contributed by atoms with E-state index >= 15 is 0 Å². The lowest BCUT2D eigenvalue weighted by molar-refractivity contribution is -0.124. The second kappa shape index (κ2) is 8.08. The minimum absolute atomic E-state index is 0.107. The molecule has 2 unspecified atom stereocenters. The highest BCUT2D eigenvalue weighted by atomic mass is 35.5. The average molecular weight is 514 g/mol. The molecule has 180 valence electrons. The van der Waals surface area contributed by atoms with Crippen molar-refractivity contribution in [3.8, 4) is 0 Å². The smallest absolute Gasteiger partial charge is 0.306 e. The number of Topliss-reactive ketones (excluding diaryl/α,β-unsaturated/α-hetero) is 2. The third kappa shape index (κ3) is 3.34. The number of allylic oxidation sites excluding steroid dienone is 1. The first-order chi connectivity index (χ1) is 16.6. The van der Waals surface area contributed by atoms with Crippen molar-refractivity contribution < 1.29 is 9.59 Å². The molecule has 2 aromatic carbocycles. The van der Waals surface area contributed by atoms with Gasteiger partial charge in [0.1, 0.15) is 0 Å². The van der Waals surface area contributed by atoms with Crippen LogP contribution in [-0.2, 0) is 22.7 Å². The van der Waals surface area contributed by atoms with Crippen LogP contribution < -0.4 is 17.1 Å². The normalized spacial score (nSPS) is 21.0. The summed E-state index contributed by atoms with van der Waals surface area (Å²) in [5.41, 5.74) is 8.57. The van der Waals surface area contributed by atoms with Gasteiger partial charge in [0.05, 0.1) is 38.6 Å². The number of imidazole rings is 2. The molecule has 0 bridgehead atoms. The average Bonchev–Trinajstić information content (AvgIpc) is 3.31. The number of H-pyrrole nitrogens is 2. The van der Waals surface area contributed by atoms with E-state index in [1.165, 1.54) is 0 Å². The number of aromatic nitrogens is 4. The van der Waals surface area contributed by atoms with Crippen LogP contribution in [0.15, 0.2) is 51.0 Å². The van der Waals surface area contributed by atoms with Crippen LogP contribution in [0, 0.1) is 0 Å². The quantitative estimate of drug-likeness (QED) is 0.284. The van der Waals surface area contributed by atoms with Crippen LogP contribution in [0.5, 0.6) is 0 Å². The minimum Gasteiger partial charge on any atom is -0.306 e. The first-order valence-corrected chi connectivity index (χ1v) is 11.8. The van der Waals surface area contributed by atoms with Gasteiger partial charge in [-0.2, -0.15) is 0 Å². The van der Waals surface area contributed by atoms with E-state index in [9.17, 15) is 19.2 Å². The van der Waals surface area contributed by atoms with Gasteiger partial charge in [-0.3, -0.25) is 18.7 Å². The molecule has 0 spiro atoms. The van der Waals surface area contributed by atoms with E-state index < -0.39 is 22.5 Å². The van der Waals surface area contributed by atoms with Crippen LogP contribution in [0.25, 0.3) is 27.6 Å². The number of aromatic amines is 2. The van der Waals surface area contributed by atoms with Gasteiger partial charge in [-0.25, -0.2) is 9.59 Å². The first kappa shape index (κ1) is 23.3. The molecule has 4 N–H and O–H groups in total. The van der Waals surface area contributed by atoms with E-state index in [0.29, 0.717) is 46.3 Å². The van der Waals surface area contributed by atoms with E-state index in [-0.39, 0.29) is 22.0 Å². The number of nitrogens with one attached hydrogen (secondary N) is 2. The minimum atomic E-state index is -2.12. The summed E-state index contributed by atoms with van der Waals surface area (Å²) >= 11 is 13.1. The molecular weight excluding hydrogens is 493 g/mol. The SMILES string of the molecule is CCn1c(=O)[nH]c2cc(C3=C(Cl)C(=O)C(c4ccc5c(c4)[nH]c(=O)n5CC)C(N)(Cl)C3=O)ccc21. The van der Waals surface area contributed by atoms with Crippen molar-refractivity contribution in [2.45, 2.75) is 37.9 Å². The number of benzene rings is 2. The zero-order valence-electron chi connectivity index (χ0n) is 18.8. The lowest BCUT2D eigenvalue weighted by Crippen LogP contribution is -2.53. The first-order valence-electron chi connectivity index (χ1n) is 11.0. The molecule has 0 saturated heterocycles. The van der Waals surface area contributed by atoms with Gasteiger partial charge < -0.3 is 15.7 Å². The Balaban J connectivity index is 1.65. The number of carbonyl (C=O) groups excluding carboxylic acids is 2. The van der Waals surface area contributed by atoms with Gasteiger partial charge in [0.15, 0.2) is 10.8 Å². The molecule has 0 fully saturated rings. The Labute approximate surface area is 208 Å². The second-order valence-corrected chi connectivity index (χ2v) is 9.44. The van der Waals surface area contributed by atoms with Crippen molar-refractivity contribution in [1.29, 1.82) is 0 Å². The highest BCUT2D eigenvalue weighted by Crippen LogP contribution is 2.45. The number of halogens is 2. The van der Waals surface area contributed by atoms with Gasteiger partial charge in [0.25, 0.3) is 0 Å². The summed E-state index contributed by atoms with van der Waals surface area (Å²) in [6.07, 6.45) is 0. The summed E-state index contributed by atoms with van der Waals surface area (Å²) in [5.74, 6) is -2.60. The van der Waals surface area contributed by atoms with Crippen molar-refractivity contribution in [2.75, 3.05) is 0 Å². The number of rotatable bonds is 4. The van der Waals surface area contributed by atoms with Crippen LogP contribution in [0.1, 0.15) is 30.9 Å². The molecule has 11 heteroatoms. The highest BCUT2D eigenvalue weighted by Gasteiger charge is 2.52. The summed E-state index contributed by atoms with van der Waals surface area (Å²) in [4.78, 5) is 54.7. The third-order valence-corrected chi connectivity index (χ3v) is 7.29. The Morgan fingerprint density at radius 3 is 2.03 bits per heavy atom. The van der Waals surface area contributed by atoms with E-state index in [2.05, 4.69) is 9.97 Å². The predicted octanol–water partition coefficient (Wildman–Crippen LogP) is 2.79. The van der Waals surface area contributed by atoms with E-state index in [0.717, 1.165) is 0 Å². The molecule has 0 amide bonds. The third-order valence-electron chi connectivity index (χ3n) is 6.52. The van der Waals surface area contributed by atoms with Crippen molar-refractivity contribution in [2.24, 2.45) is 5.73 Å². The van der Waals surface area contributed by atoms with Gasteiger partial charge in [0.2, 0.25) is 5.78 Å². The molecule has 0 aliphatic heterocycles. The fourth-order valence-corrected chi connectivity index (χ4v) is 5.45. The fraction of sp³-hybridized carbons (Fsp3) is 0.250. The van der Waals surface area contributed by atoms with Crippen molar-refractivity contribution in [3.05, 3.63) is 73.5 Å². The predicted molar refractivity (Wildman–Crippen MR) is 135 cm³/mol. The van der Waals surface area contributed by atoms with Crippen LogP contribution >= 0.6 is 23.2 Å². The van der Waals surface area contributed by atoms with Crippen LogP contribution in [0.3, 0.4) is 0 Å². The Bertz CT molecular complexity index is 1700. The van der Waals surface area contributed by atoms with E-state index in [4.69, 9.17) is 28.9 Å². The zero-order valence-corrected chi connectivity index (χ0v) is 20.3. The maximum atomic E-state index is 13.5. The monoisotopic (exact) mass is 513 g/mol. The molecular formula is C24H21Cl2N5O4. The molecule has 1 aliphatic carbocycles. The maximum absolute atomic E-state index is 13.5. The molecule has 2 heterocycles. The molecule has 1 aliphatic rings. The number of carbonyl (C=O) groups is 2. The number of ketones is 2. The standard InChI is InChI=1S/C24H21Cl2N5O4/c1-3-30-15-7-5-11(9-13(15)28-22(30)34)17-19(25)20(32)18(24(26,27)21(17)33)12-6-8-16-14(10-12)29-23(35)31(16)4-2/h5-10,18H,3-4,27H2,1-2H3,(H,28,34)(H,29,35). The number of fused-ring (bicyclic) bond motifs is 2. The fourth-order valence-electron chi connectivity index (χ4n) is 4.82. The van der Waals surface area contributed by atoms with Gasteiger partial charge in [-0.1, -0.05) is 35.3 Å². The lowest BCUT2D eigenvalue weighted by Gasteiger charge is -2.35. The number of alkyl halides is 1. The molecule has 0 saturated carbocycles. The van der Waals surface area contributed by atoms with Gasteiger partial charge in [-0.15, -0.1) is 0 Å². The molecule has 2 atom stereocenters.